The van der Waals surface area contributed by atoms with Crippen molar-refractivity contribution < 1.29 is 9.15 Å². The third-order valence-electron chi connectivity index (χ3n) is 2.36. The van der Waals surface area contributed by atoms with E-state index in [-0.39, 0.29) is 0 Å². The molecule has 18 heavy (non-hydrogen) atoms. The van der Waals surface area contributed by atoms with Crippen LogP contribution in [0.1, 0.15) is 11.4 Å². The van der Waals surface area contributed by atoms with E-state index < -0.39 is 0 Å². The fourth-order valence-corrected chi connectivity index (χ4v) is 1.50. The Balaban J connectivity index is 2.08. The van der Waals surface area contributed by atoms with Crippen molar-refractivity contribution in [1.29, 1.82) is 0 Å². The Morgan fingerprint density at radius 1 is 1.33 bits per heavy atom. The van der Waals surface area contributed by atoms with Gasteiger partial charge in [-0.2, -0.15) is 0 Å². The molecule has 0 atom stereocenters. The van der Waals surface area contributed by atoms with Crippen LogP contribution in [0, 0.1) is 0 Å². The molecule has 2 rings (SSSR count). The van der Waals surface area contributed by atoms with Crippen molar-refractivity contribution in [3.63, 3.8) is 0 Å². The number of ether oxygens (including phenoxy) is 1. The summed E-state index contributed by atoms with van der Waals surface area (Å²) in [7, 11) is 3.44. The van der Waals surface area contributed by atoms with Gasteiger partial charge in [-0.3, -0.25) is 0 Å². The Hall–Kier alpha value is -2.08. The number of methoxy groups -OCH3 is 1. The maximum absolute atomic E-state index is 5.04. The number of furan rings is 1. The largest absolute Gasteiger partial charge is 0.472 e. The molecule has 0 saturated carbocycles. The SMILES string of the molecule is CNc1cc(NCc2ccoc2)nc(COC)n1. The van der Waals surface area contributed by atoms with Gasteiger partial charge in [-0.15, -0.1) is 0 Å². The van der Waals surface area contributed by atoms with Gasteiger partial charge in [0.1, 0.15) is 18.2 Å². The number of rotatable bonds is 6. The second-order valence-electron chi connectivity index (χ2n) is 3.72. The number of hydrogen-bond acceptors (Lipinski definition) is 6. The van der Waals surface area contributed by atoms with E-state index in [1.165, 1.54) is 0 Å². The summed E-state index contributed by atoms with van der Waals surface area (Å²) in [5.74, 6) is 2.15. The summed E-state index contributed by atoms with van der Waals surface area (Å²) in [6.45, 7) is 1.04. The maximum atomic E-state index is 5.04. The number of anilines is 2. The van der Waals surface area contributed by atoms with Gasteiger partial charge in [0.15, 0.2) is 5.82 Å². The third-order valence-corrected chi connectivity index (χ3v) is 2.36. The lowest BCUT2D eigenvalue weighted by atomic mass is 10.3. The first-order valence-corrected chi connectivity index (χ1v) is 5.61. The van der Waals surface area contributed by atoms with E-state index in [4.69, 9.17) is 9.15 Å². The molecule has 2 N–H and O–H groups in total. The van der Waals surface area contributed by atoms with Crippen LogP contribution < -0.4 is 10.6 Å². The van der Waals surface area contributed by atoms with Crippen molar-refractivity contribution in [1.82, 2.24) is 9.97 Å². The van der Waals surface area contributed by atoms with Crippen molar-refractivity contribution in [3.8, 4) is 0 Å². The molecule has 0 fully saturated rings. The second kappa shape index (κ2) is 6.02. The normalized spacial score (nSPS) is 10.3. The minimum atomic E-state index is 0.385. The predicted octanol–water partition coefficient (Wildman–Crippen LogP) is 1.87. The molecule has 0 saturated heterocycles. The number of nitrogens with one attached hydrogen (secondary N) is 2. The first-order valence-electron chi connectivity index (χ1n) is 5.61. The van der Waals surface area contributed by atoms with E-state index in [0.717, 1.165) is 17.2 Å². The van der Waals surface area contributed by atoms with Gasteiger partial charge >= 0.3 is 0 Å². The Kier molecular flexibility index (Phi) is 4.14. The first-order chi connectivity index (χ1) is 8.81. The highest BCUT2D eigenvalue weighted by atomic mass is 16.5. The fourth-order valence-electron chi connectivity index (χ4n) is 1.50. The molecular weight excluding hydrogens is 232 g/mol. The van der Waals surface area contributed by atoms with Crippen LogP contribution in [0.4, 0.5) is 11.6 Å². The maximum Gasteiger partial charge on any atom is 0.158 e. The van der Waals surface area contributed by atoms with Gasteiger partial charge in [0.25, 0.3) is 0 Å². The van der Waals surface area contributed by atoms with Gasteiger partial charge in [0.2, 0.25) is 0 Å². The van der Waals surface area contributed by atoms with Crippen molar-refractivity contribution in [2.75, 3.05) is 24.8 Å². The van der Waals surface area contributed by atoms with Gasteiger partial charge in [-0.05, 0) is 6.07 Å². The van der Waals surface area contributed by atoms with Crippen LogP contribution in [0.2, 0.25) is 0 Å². The van der Waals surface area contributed by atoms with Crippen molar-refractivity contribution in [2.45, 2.75) is 13.2 Å². The quantitative estimate of drug-likeness (QED) is 0.813. The van der Waals surface area contributed by atoms with E-state index >= 15 is 0 Å². The summed E-state index contributed by atoms with van der Waals surface area (Å²) >= 11 is 0. The standard InChI is InChI=1S/C12H16N4O2/c1-13-10-5-11(16-12(15-10)8-17-2)14-6-9-3-4-18-7-9/h3-5,7H,6,8H2,1-2H3,(H2,13,14,15,16). The molecule has 6 nitrogen and oxygen atoms in total. The van der Waals surface area contributed by atoms with Crippen molar-refractivity contribution in [2.24, 2.45) is 0 Å². The van der Waals surface area contributed by atoms with Crippen LogP contribution in [0.5, 0.6) is 0 Å². The Morgan fingerprint density at radius 3 is 2.83 bits per heavy atom. The molecule has 0 aliphatic rings. The third kappa shape index (κ3) is 3.21. The van der Waals surface area contributed by atoms with E-state index in [0.29, 0.717) is 19.0 Å². The summed E-state index contributed by atoms with van der Waals surface area (Å²) in [4.78, 5) is 8.63. The molecule has 0 radical (unpaired) electrons. The molecule has 0 unspecified atom stereocenters. The average molecular weight is 248 g/mol. The summed E-state index contributed by atoms with van der Waals surface area (Å²) in [6, 6.07) is 3.75. The zero-order chi connectivity index (χ0) is 12.8. The predicted molar refractivity (Wildman–Crippen MR) is 68.3 cm³/mol. The van der Waals surface area contributed by atoms with Crippen molar-refractivity contribution in [3.05, 3.63) is 36.0 Å². The number of aromatic nitrogens is 2. The summed E-state index contributed by atoms with van der Waals surface area (Å²) in [5.41, 5.74) is 1.06. The van der Waals surface area contributed by atoms with Crippen molar-refractivity contribution >= 4 is 11.6 Å². The highest BCUT2D eigenvalue weighted by molar-refractivity contribution is 5.47. The first kappa shape index (κ1) is 12.4. The molecule has 0 bridgehead atoms. The molecule has 2 aromatic rings. The molecular formula is C12H16N4O2. The van der Waals surface area contributed by atoms with Gasteiger partial charge in [-0.1, -0.05) is 0 Å². The van der Waals surface area contributed by atoms with Gasteiger partial charge < -0.3 is 19.8 Å². The lowest BCUT2D eigenvalue weighted by molar-refractivity contribution is 0.178. The molecule has 0 spiro atoms. The Bertz CT molecular complexity index is 485. The Labute approximate surface area is 105 Å². The molecule has 2 heterocycles. The average Bonchev–Trinajstić information content (AvgIpc) is 2.89. The van der Waals surface area contributed by atoms with Crippen LogP contribution >= 0.6 is 0 Å². The van der Waals surface area contributed by atoms with Gasteiger partial charge in [0, 0.05) is 32.3 Å². The smallest absolute Gasteiger partial charge is 0.158 e. The lowest BCUT2D eigenvalue weighted by Gasteiger charge is -2.08. The highest BCUT2D eigenvalue weighted by Crippen LogP contribution is 2.12. The lowest BCUT2D eigenvalue weighted by Crippen LogP contribution is -2.07. The van der Waals surface area contributed by atoms with Crippen LogP contribution in [0.15, 0.2) is 29.1 Å². The number of hydrogen-bond donors (Lipinski definition) is 2. The summed E-state index contributed by atoms with van der Waals surface area (Å²) in [5, 5.41) is 6.21. The Morgan fingerprint density at radius 2 is 2.17 bits per heavy atom. The molecule has 0 amide bonds. The van der Waals surface area contributed by atoms with E-state index in [1.807, 2.05) is 19.2 Å². The van der Waals surface area contributed by atoms with Crippen LogP contribution in [-0.2, 0) is 17.9 Å². The second-order valence-corrected chi connectivity index (χ2v) is 3.72. The summed E-state index contributed by atoms with van der Waals surface area (Å²) < 4.78 is 10.0. The van der Waals surface area contributed by atoms with E-state index in [2.05, 4.69) is 20.6 Å². The zero-order valence-corrected chi connectivity index (χ0v) is 10.4. The molecule has 96 valence electrons. The fraction of sp³-hybridized carbons (Fsp3) is 0.333. The zero-order valence-electron chi connectivity index (χ0n) is 10.4. The molecule has 0 aromatic carbocycles. The van der Waals surface area contributed by atoms with Gasteiger partial charge in [-0.25, -0.2) is 9.97 Å². The van der Waals surface area contributed by atoms with Crippen LogP contribution in [0.25, 0.3) is 0 Å². The topological polar surface area (TPSA) is 72.2 Å². The van der Waals surface area contributed by atoms with Crippen LogP contribution in [-0.4, -0.2) is 24.1 Å². The minimum Gasteiger partial charge on any atom is -0.472 e. The monoisotopic (exact) mass is 248 g/mol. The van der Waals surface area contributed by atoms with E-state index in [1.54, 1.807) is 19.6 Å². The molecule has 6 heteroatoms. The highest BCUT2D eigenvalue weighted by Gasteiger charge is 2.04. The molecule has 0 aliphatic heterocycles. The minimum absolute atomic E-state index is 0.385. The van der Waals surface area contributed by atoms with Crippen LogP contribution in [0.3, 0.4) is 0 Å². The van der Waals surface area contributed by atoms with Gasteiger partial charge in [0.05, 0.1) is 12.5 Å². The number of nitrogens with zero attached hydrogens (tertiary/aromatic N) is 2. The summed E-state index contributed by atoms with van der Waals surface area (Å²) in [6.07, 6.45) is 3.34. The van der Waals surface area contributed by atoms with E-state index in [9.17, 15) is 0 Å². The molecule has 0 aliphatic carbocycles. The molecule has 2 aromatic heterocycles.